The van der Waals surface area contributed by atoms with Gasteiger partial charge in [-0.1, -0.05) is 5.16 Å². The molecule has 2 rings (SSSR count). The van der Waals surface area contributed by atoms with Crippen LogP contribution in [-0.2, 0) is 6.42 Å². The standard InChI is InChI=1S/C11H15N3O/c1-7-6-8(2)13-11-10(7)9(14-15-11)4-5-12-3/h6,12H,4-5H2,1-3H3. The number of likely N-dealkylation sites (N-methyl/N-ethyl adjacent to an activating group) is 1. The lowest BCUT2D eigenvalue weighted by Gasteiger charge is -1.99. The number of rotatable bonds is 3. The molecule has 0 fully saturated rings. The molecule has 0 saturated carbocycles. The molecule has 0 bridgehead atoms. The highest BCUT2D eigenvalue weighted by atomic mass is 16.5. The average molecular weight is 205 g/mol. The van der Waals surface area contributed by atoms with Crippen molar-refractivity contribution >= 4 is 11.1 Å². The van der Waals surface area contributed by atoms with Crippen LogP contribution in [0.1, 0.15) is 17.0 Å². The zero-order chi connectivity index (χ0) is 10.8. The van der Waals surface area contributed by atoms with Gasteiger partial charge in [-0.15, -0.1) is 0 Å². The number of hydrogen-bond donors (Lipinski definition) is 1. The molecule has 0 amide bonds. The van der Waals surface area contributed by atoms with Gasteiger partial charge in [0.15, 0.2) is 0 Å². The monoisotopic (exact) mass is 205 g/mol. The summed E-state index contributed by atoms with van der Waals surface area (Å²) in [5.74, 6) is 0. The molecule has 1 N–H and O–H groups in total. The minimum atomic E-state index is 0.651. The van der Waals surface area contributed by atoms with E-state index in [0.29, 0.717) is 5.71 Å². The molecule has 0 spiro atoms. The third-order valence-electron chi connectivity index (χ3n) is 2.45. The van der Waals surface area contributed by atoms with Crippen molar-refractivity contribution in [3.63, 3.8) is 0 Å². The molecule has 0 saturated heterocycles. The number of hydrogen-bond acceptors (Lipinski definition) is 4. The van der Waals surface area contributed by atoms with Gasteiger partial charge in [0.1, 0.15) is 0 Å². The van der Waals surface area contributed by atoms with Crippen molar-refractivity contribution < 1.29 is 4.52 Å². The molecular weight excluding hydrogens is 190 g/mol. The average Bonchev–Trinajstić information content (AvgIpc) is 2.58. The summed E-state index contributed by atoms with van der Waals surface area (Å²) in [6.45, 7) is 4.92. The van der Waals surface area contributed by atoms with Crippen molar-refractivity contribution in [2.24, 2.45) is 0 Å². The molecule has 15 heavy (non-hydrogen) atoms. The number of aromatic nitrogens is 2. The van der Waals surface area contributed by atoms with Gasteiger partial charge in [0, 0.05) is 18.7 Å². The van der Waals surface area contributed by atoms with E-state index in [1.165, 1.54) is 5.56 Å². The Morgan fingerprint density at radius 2 is 2.20 bits per heavy atom. The van der Waals surface area contributed by atoms with Crippen LogP contribution in [0.4, 0.5) is 0 Å². The number of nitrogens with one attached hydrogen (secondary N) is 1. The summed E-state index contributed by atoms with van der Waals surface area (Å²) in [5, 5.41) is 8.22. The van der Waals surface area contributed by atoms with Gasteiger partial charge in [0.2, 0.25) is 0 Å². The van der Waals surface area contributed by atoms with E-state index in [9.17, 15) is 0 Å². The molecule has 4 heteroatoms. The summed E-state index contributed by atoms with van der Waals surface area (Å²) in [6, 6.07) is 2.06. The van der Waals surface area contributed by atoms with E-state index in [4.69, 9.17) is 4.52 Å². The molecule has 0 aliphatic rings. The van der Waals surface area contributed by atoms with Crippen molar-refractivity contribution in [3.05, 3.63) is 23.0 Å². The first-order chi connectivity index (χ1) is 7.22. The molecule has 0 atom stereocenters. The van der Waals surface area contributed by atoms with Crippen molar-refractivity contribution in [1.82, 2.24) is 15.5 Å². The van der Waals surface area contributed by atoms with E-state index in [0.717, 1.165) is 29.7 Å². The Kier molecular flexibility index (Phi) is 2.68. The number of aryl methyl sites for hydroxylation is 2. The summed E-state index contributed by atoms with van der Waals surface area (Å²) in [6.07, 6.45) is 0.870. The van der Waals surface area contributed by atoms with Crippen LogP contribution < -0.4 is 5.32 Å². The van der Waals surface area contributed by atoms with Crippen molar-refractivity contribution in [1.29, 1.82) is 0 Å². The molecule has 0 unspecified atom stereocenters. The fraction of sp³-hybridized carbons (Fsp3) is 0.455. The summed E-state index contributed by atoms with van der Waals surface area (Å²) in [5.41, 5.74) is 3.80. The molecule has 0 radical (unpaired) electrons. The van der Waals surface area contributed by atoms with E-state index in [1.807, 2.05) is 14.0 Å². The van der Waals surface area contributed by atoms with Crippen LogP contribution in [0.3, 0.4) is 0 Å². The van der Waals surface area contributed by atoms with E-state index in [-0.39, 0.29) is 0 Å². The largest absolute Gasteiger partial charge is 0.336 e. The Balaban J connectivity index is 2.49. The van der Waals surface area contributed by atoms with Gasteiger partial charge in [-0.25, -0.2) is 4.98 Å². The zero-order valence-electron chi connectivity index (χ0n) is 9.29. The number of fused-ring (bicyclic) bond motifs is 1. The maximum Gasteiger partial charge on any atom is 0.258 e. The van der Waals surface area contributed by atoms with Gasteiger partial charge in [0.25, 0.3) is 5.71 Å². The molecule has 80 valence electrons. The fourth-order valence-corrected chi connectivity index (χ4v) is 1.78. The Labute approximate surface area is 88.7 Å². The minimum absolute atomic E-state index is 0.651. The SMILES string of the molecule is CNCCc1noc2nc(C)cc(C)c12. The summed E-state index contributed by atoms with van der Waals surface area (Å²) in [7, 11) is 1.93. The van der Waals surface area contributed by atoms with E-state index in [2.05, 4.69) is 28.4 Å². The quantitative estimate of drug-likeness (QED) is 0.827. The van der Waals surface area contributed by atoms with E-state index >= 15 is 0 Å². The molecule has 2 aromatic rings. The van der Waals surface area contributed by atoms with Crippen LogP contribution in [0.15, 0.2) is 10.6 Å². The normalized spacial score (nSPS) is 11.1. The highest BCUT2D eigenvalue weighted by Crippen LogP contribution is 2.21. The second-order valence-electron chi connectivity index (χ2n) is 3.74. The third kappa shape index (κ3) is 1.85. The molecule has 4 nitrogen and oxygen atoms in total. The minimum Gasteiger partial charge on any atom is -0.336 e. The zero-order valence-corrected chi connectivity index (χ0v) is 9.29. The van der Waals surface area contributed by atoms with Gasteiger partial charge in [0.05, 0.1) is 11.1 Å². The van der Waals surface area contributed by atoms with Crippen LogP contribution in [0.25, 0.3) is 11.1 Å². The second-order valence-corrected chi connectivity index (χ2v) is 3.74. The maximum atomic E-state index is 5.22. The van der Waals surface area contributed by atoms with Gasteiger partial charge in [-0.2, -0.15) is 0 Å². The molecular formula is C11H15N3O. The topological polar surface area (TPSA) is 51.0 Å². The lowest BCUT2D eigenvalue weighted by Crippen LogP contribution is -2.10. The van der Waals surface area contributed by atoms with Crippen LogP contribution in [-0.4, -0.2) is 23.7 Å². The van der Waals surface area contributed by atoms with Gasteiger partial charge in [-0.3, -0.25) is 0 Å². The first-order valence-corrected chi connectivity index (χ1v) is 5.09. The first kappa shape index (κ1) is 10.1. The number of nitrogens with zero attached hydrogens (tertiary/aromatic N) is 2. The van der Waals surface area contributed by atoms with E-state index in [1.54, 1.807) is 0 Å². The number of pyridine rings is 1. The van der Waals surface area contributed by atoms with Crippen molar-refractivity contribution in [3.8, 4) is 0 Å². The molecule has 0 aliphatic heterocycles. The van der Waals surface area contributed by atoms with Gasteiger partial charge in [-0.05, 0) is 32.5 Å². The van der Waals surface area contributed by atoms with Crippen LogP contribution in [0.2, 0.25) is 0 Å². The van der Waals surface area contributed by atoms with Crippen LogP contribution in [0, 0.1) is 13.8 Å². The molecule has 0 aromatic carbocycles. The Bertz CT molecular complexity index is 476. The van der Waals surface area contributed by atoms with Gasteiger partial charge < -0.3 is 9.84 Å². The Morgan fingerprint density at radius 1 is 1.40 bits per heavy atom. The van der Waals surface area contributed by atoms with Crippen LogP contribution in [0.5, 0.6) is 0 Å². The van der Waals surface area contributed by atoms with E-state index < -0.39 is 0 Å². The lowest BCUT2D eigenvalue weighted by molar-refractivity contribution is 0.437. The Morgan fingerprint density at radius 3 is 2.93 bits per heavy atom. The predicted octanol–water partition coefficient (Wildman–Crippen LogP) is 1.60. The van der Waals surface area contributed by atoms with Crippen molar-refractivity contribution in [2.45, 2.75) is 20.3 Å². The van der Waals surface area contributed by atoms with Crippen molar-refractivity contribution in [2.75, 3.05) is 13.6 Å². The third-order valence-corrected chi connectivity index (χ3v) is 2.45. The summed E-state index contributed by atoms with van der Waals surface area (Å²) in [4.78, 5) is 4.32. The smallest absolute Gasteiger partial charge is 0.258 e. The maximum absolute atomic E-state index is 5.22. The summed E-state index contributed by atoms with van der Waals surface area (Å²) < 4.78 is 5.22. The summed E-state index contributed by atoms with van der Waals surface area (Å²) >= 11 is 0. The Hall–Kier alpha value is -1.42. The first-order valence-electron chi connectivity index (χ1n) is 5.09. The second kappa shape index (κ2) is 3.98. The molecule has 2 aromatic heterocycles. The molecule has 0 aliphatic carbocycles. The highest BCUT2D eigenvalue weighted by Gasteiger charge is 2.11. The fourth-order valence-electron chi connectivity index (χ4n) is 1.78. The van der Waals surface area contributed by atoms with Crippen LogP contribution >= 0.6 is 0 Å². The predicted molar refractivity (Wildman–Crippen MR) is 58.9 cm³/mol. The lowest BCUT2D eigenvalue weighted by atomic mass is 10.1. The van der Waals surface area contributed by atoms with Gasteiger partial charge >= 0.3 is 0 Å². The molecule has 2 heterocycles. The highest BCUT2D eigenvalue weighted by molar-refractivity contribution is 5.80.